The fourth-order valence-corrected chi connectivity index (χ4v) is 3.97. The molecular formula is C17H18N4O2S. The second kappa shape index (κ2) is 5.61. The van der Waals surface area contributed by atoms with Crippen molar-refractivity contribution in [3.63, 3.8) is 0 Å². The number of benzene rings is 1. The first kappa shape index (κ1) is 15.2. The highest BCUT2D eigenvalue weighted by molar-refractivity contribution is 7.17. The number of carbonyl (C=O) groups is 1. The van der Waals surface area contributed by atoms with Gasteiger partial charge in [0.15, 0.2) is 11.6 Å². The molecule has 0 spiro atoms. The molecule has 0 aliphatic carbocycles. The molecule has 2 N–H and O–H groups in total. The minimum Gasteiger partial charge on any atom is -0.482 e. The highest BCUT2D eigenvalue weighted by Crippen LogP contribution is 2.37. The van der Waals surface area contributed by atoms with Gasteiger partial charge in [-0.05, 0) is 32.0 Å². The highest BCUT2D eigenvalue weighted by atomic mass is 32.1. The van der Waals surface area contributed by atoms with Crippen LogP contribution in [0.15, 0.2) is 24.4 Å². The zero-order valence-corrected chi connectivity index (χ0v) is 14.4. The van der Waals surface area contributed by atoms with Crippen molar-refractivity contribution in [1.29, 1.82) is 0 Å². The van der Waals surface area contributed by atoms with E-state index >= 15 is 0 Å². The lowest BCUT2D eigenvalue weighted by Gasteiger charge is -2.28. The third kappa shape index (κ3) is 2.20. The number of hydrogen-bond donors (Lipinski definition) is 1. The van der Waals surface area contributed by atoms with Crippen molar-refractivity contribution in [2.24, 2.45) is 5.73 Å². The van der Waals surface area contributed by atoms with Crippen LogP contribution in [0.5, 0.6) is 5.75 Å². The van der Waals surface area contributed by atoms with Crippen LogP contribution in [-0.2, 0) is 11.3 Å². The number of hydrogen-bond acceptors (Lipinski definition) is 5. The zero-order valence-electron chi connectivity index (χ0n) is 13.6. The second-order valence-electron chi connectivity index (χ2n) is 5.71. The Kier molecular flexibility index (Phi) is 3.54. The number of aryl methyl sites for hydroxylation is 1. The van der Waals surface area contributed by atoms with Crippen LogP contribution in [0.3, 0.4) is 0 Å². The maximum Gasteiger partial charge on any atom is 0.265 e. The van der Waals surface area contributed by atoms with Gasteiger partial charge >= 0.3 is 0 Å². The van der Waals surface area contributed by atoms with Crippen LogP contribution < -0.4 is 15.4 Å². The molecule has 124 valence electrons. The molecule has 6 nitrogen and oxygen atoms in total. The van der Waals surface area contributed by atoms with Gasteiger partial charge < -0.3 is 15.4 Å². The molecule has 24 heavy (non-hydrogen) atoms. The Labute approximate surface area is 143 Å². The first-order chi connectivity index (χ1) is 11.6. The molecule has 0 fully saturated rings. The number of fused-ring (bicyclic) bond motifs is 2. The molecule has 1 aromatic carbocycles. The summed E-state index contributed by atoms with van der Waals surface area (Å²) in [5, 5.41) is 0. The van der Waals surface area contributed by atoms with Crippen molar-refractivity contribution in [2.45, 2.75) is 20.4 Å². The van der Waals surface area contributed by atoms with Crippen molar-refractivity contribution < 1.29 is 9.53 Å². The van der Waals surface area contributed by atoms with E-state index in [2.05, 4.69) is 13.1 Å². The van der Waals surface area contributed by atoms with Crippen LogP contribution in [0, 0.1) is 6.92 Å². The summed E-state index contributed by atoms with van der Waals surface area (Å²) < 4.78 is 7.59. The number of likely N-dealkylation sites (N-methyl/N-ethyl adjacent to an activating group) is 1. The maximum absolute atomic E-state index is 12.1. The molecular weight excluding hydrogens is 324 g/mol. The fourth-order valence-electron chi connectivity index (χ4n) is 3.12. The van der Waals surface area contributed by atoms with Crippen molar-refractivity contribution in [2.75, 3.05) is 18.1 Å². The first-order valence-corrected chi connectivity index (χ1v) is 8.69. The van der Waals surface area contributed by atoms with Gasteiger partial charge in [0.2, 0.25) is 0 Å². The summed E-state index contributed by atoms with van der Waals surface area (Å²) in [6.45, 7) is 5.12. The van der Waals surface area contributed by atoms with Crippen LogP contribution in [-0.4, -0.2) is 28.4 Å². The third-order valence-electron chi connectivity index (χ3n) is 4.23. The topological polar surface area (TPSA) is 72.9 Å². The van der Waals surface area contributed by atoms with E-state index in [0.29, 0.717) is 13.1 Å². The molecule has 3 aromatic rings. The van der Waals surface area contributed by atoms with E-state index in [9.17, 15) is 4.79 Å². The average molecular weight is 342 g/mol. The van der Waals surface area contributed by atoms with Gasteiger partial charge in [-0.3, -0.25) is 9.20 Å². The predicted molar refractivity (Wildman–Crippen MR) is 94.7 cm³/mol. The van der Waals surface area contributed by atoms with Crippen molar-refractivity contribution in [3.05, 3.63) is 35.0 Å². The molecule has 7 heteroatoms. The third-order valence-corrected chi connectivity index (χ3v) is 5.12. The number of nitrogens with two attached hydrogens (primary N) is 1. The van der Waals surface area contributed by atoms with Crippen molar-refractivity contribution in [1.82, 2.24) is 9.38 Å². The van der Waals surface area contributed by atoms with Gasteiger partial charge in [0.05, 0.1) is 17.1 Å². The Balaban J connectivity index is 1.87. The molecule has 1 aliphatic heterocycles. The minimum atomic E-state index is -0.0253. The Morgan fingerprint density at radius 2 is 2.25 bits per heavy atom. The van der Waals surface area contributed by atoms with Crippen LogP contribution in [0.4, 0.5) is 5.69 Å². The molecule has 0 radical (unpaired) electrons. The maximum atomic E-state index is 12.1. The standard InChI is InChI=1S/C17H18N4O2S/c1-3-20-12-6-11(4-5-14(12)23-9-15(20)22)16-13(7-18)21-8-10(2)24-17(21)19-16/h4-6,8H,3,7,9,18H2,1-2H3. The van der Waals surface area contributed by atoms with Gasteiger partial charge in [0.1, 0.15) is 5.75 Å². The van der Waals surface area contributed by atoms with Crippen LogP contribution in [0.2, 0.25) is 0 Å². The van der Waals surface area contributed by atoms with Gasteiger partial charge in [-0.1, -0.05) is 0 Å². The summed E-state index contributed by atoms with van der Waals surface area (Å²) in [5.74, 6) is 0.703. The molecule has 1 aliphatic rings. The highest BCUT2D eigenvalue weighted by Gasteiger charge is 2.25. The summed E-state index contributed by atoms with van der Waals surface area (Å²) in [4.78, 5) is 20.7. The van der Waals surface area contributed by atoms with Gasteiger partial charge in [-0.15, -0.1) is 11.3 Å². The molecule has 0 atom stereocenters. The molecule has 0 bridgehead atoms. The van der Waals surface area contributed by atoms with E-state index in [1.165, 1.54) is 4.88 Å². The molecule has 3 heterocycles. The molecule has 0 saturated heterocycles. The molecule has 1 amide bonds. The van der Waals surface area contributed by atoms with E-state index < -0.39 is 0 Å². The molecule has 4 rings (SSSR count). The normalized spacial score (nSPS) is 14.1. The number of ether oxygens (including phenoxy) is 1. The molecule has 0 saturated carbocycles. The molecule has 0 unspecified atom stereocenters. The Morgan fingerprint density at radius 3 is 3.00 bits per heavy atom. The number of nitrogens with zero attached hydrogens (tertiary/aromatic N) is 3. The number of amides is 1. The lowest BCUT2D eigenvalue weighted by molar-refractivity contribution is -0.121. The summed E-state index contributed by atoms with van der Waals surface area (Å²) >= 11 is 1.64. The molecule has 2 aromatic heterocycles. The summed E-state index contributed by atoms with van der Waals surface area (Å²) in [5.41, 5.74) is 9.55. The Bertz CT molecular complexity index is 944. The fraction of sp³-hybridized carbons (Fsp3) is 0.294. The van der Waals surface area contributed by atoms with E-state index in [1.54, 1.807) is 16.2 Å². The summed E-state index contributed by atoms with van der Waals surface area (Å²) in [6, 6.07) is 5.84. The lowest BCUT2D eigenvalue weighted by atomic mass is 10.1. The van der Waals surface area contributed by atoms with Crippen LogP contribution in [0.25, 0.3) is 16.2 Å². The monoisotopic (exact) mass is 342 g/mol. The number of thiazole rings is 1. The van der Waals surface area contributed by atoms with E-state index in [1.807, 2.05) is 29.5 Å². The first-order valence-electron chi connectivity index (χ1n) is 7.87. The smallest absolute Gasteiger partial charge is 0.265 e. The minimum absolute atomic E-state index is 0.0253. The zero-order chi connectivity index (χ0) is 16.8. The summed E-state index contributed by atoms with van der Waals surface area (Å²) in [7, 11) is 0. The quantitative estimate of drug-likeness (QED) is 0.794. The largest absolute Gasteiger partial charge is 0.482 e. The number of imidazole rings is 1. The van der Waals surface area contributed by atoms with E-state index in [-0.39, 0.29) is 12.5 Å². The van der Waals surface area contributed by atoms with Crippen LogP contribution in [0.1, 0.15) is 17.5 Å². The number of rotatable bonds is 3. The second-order valence-corrected chi connectivity index (χ2v) is 6.93. The SMILES string of the molecule is CCN1C(=O)COc2ccc(-c3nc4sc(C)cn4c3CN)cc21. The Hall–Kier alpha value is -2.38. The number of carbonyl (C=O) groups excluding carboxylic acids is 1. The predicted octanol–water partition coefficient (Wildman–Crippen LogP) is 2.58. The van der Waals surface area contributed by atoms with Gasteiger partial charge in [-0.25, -0.2) is 4.98 Å². The van der Waals surface area contributed by atoms with Gasteiger partial charge in [0, 0.05) is 29.7 Å². The van der Waals surface area contributed by atoms with Crippen molar-refractivity contribution >= 4 is 27.9 Å². The van der Waals surface area contributed by atoms with Crippen LogP contribution >= 0.6 is 11.3 Å². The van der Waals surface area contributed by atoms with E-state index in [0.717, 1.165) is 33.3 Å². The lowest BCUT2D eigenvalue weighted by Crippen LogP contribution is -2.38. The Morgan fingerprint density at radius 1 is 1.42 bits per heavy atom. The van der Waals surface area contributed by atoms with Crippen molar-refractivity contribution in [3.8, 4) is 17.0 Å². The average Bonchev–Trinajstić information content (AvgIpc) is 3.09. The number of aromatic nitrogens is 2. The van der Waals surface area contributed by atoms with Gasteiger partial charge in [0.25, 0.3) is 5.91 Å². The van der Waals surface area contributed by atoms with E-state index in [4.69, 9.17) is 15.5 Å². The summed E-state index contributed by atoms with van der Waals surface area (Å²) in [6.07, 6.45) is 2.06. The number of anilines is 1. The van der Waals surface area contributed by atoms with Gasteiger partial charge in [-0.2, -0.15) is 0 Å².